The smallest absolute Gasteiger partial charge is 0.258 e. The molecule has 1 aromatic carbocycles. The van der Waals surface area contributed by atoms with Crippen molar-refractivity contribution < 1.29 is 9.18 Å². The molecule has 0 saturated carbocycles. The summed E-state index contributed by atoms with van der Waals surface area (Å²) in [4.78, 5) is 15.5. The summed E-state index contributed by atoms with van der Waals surface area (Å²) in [6.07, 6.45) is 1.30. The predicted octanol–water partition coefficient (Wildman–Crippen LogP) is 2.67. The second-order valence-corrected chi connectivity index (χ2v) is 4.31. The second-order valence-electron chi connectivity index (χ2n) is 4.31. The Kier molecular flexibility index (Phi) is 3.46. The second kappa shape index (κ2) is 5.06. The van der Waals surface area contributed by atoms with Crippen LogP contribution in [0.5, 0.6) is 0 Å². The highest BCUT2D eigenvalue weighted by Gasteiger charge is 2.14. The number of aryl methyl sites for hydroxylation is 2. The Balaban J connectivity index is 2.26. The zero-order chi connectivity index (χ0) is 14.0. The monoisotopic (exact) mass is 259 g/mol. The van der Waals surface area contributed by atoms with Gasteiger partial charge in [0.25, 0.3) is 5.91 Å². The van der Waals surface area contributed by atoms with Crippen LogP contribution in [0.2, 0.25) is 0 Å². The van der Waals surface area contributed by atoms with E-state index in [1.54, 1.807) is 6.07 Å². The van der Waals surface area contributed by atoms with Crippen molar-refractivity contribution in [3.63, 3.8) is 0 Å². The average Bonchev–Trinajstić information content (AvgIpc) is 2.37. The number of aromatic nitrogens is 1. The number of carbonyl (C=O) groups excluding carboxylic acids is 1. The molecule has 5 heteroatoms. The van der Waals surface area contributed by atoms with Gasteiger partial charge < -0.3 is 11.1 Å². The summed E-state index contributed by atoms with van der Waals surface area (Å²) in [5, 5.41) is 2.63. The Morgan fingerprint density at radius 3 is 2.68 bits per heavy atom. The van der Waals surface area contributed by atoms with Crippen LogP contribution in [-0.2, 0) is 0 Å². The fourth-order valence-corrected chi connectivity index (χ4v) is 1.65. The minimum Gasteiger partial charge on any atom is -0.381 e. The van der Waals surface area contributed by atoms with Gasteiger partial charge in [-0.3, -0.25) is 4.79 Å². The topological polar surface area (TPSA) is 68.0 Å². The lowest BCUT2D eigenvalue weighted by Gasteiger charge is -2.08. The highest BCUT2D eigenvalue weighted by molar-refractivity contribution is 6.04. The number of benzene rings is 1. The molecule has 2 rings (SSSR count). The Labute approximate surface area is 110 Å². The van der Waals surface area contributed by atoms with Crippen molar-refractivity contribution in [3.05, 3.63) is 53.0 Å². The van der Waals surface area contributed by atoms with Gasteiger partial charge >= 0.3 is 0 Å². The number of hydrogen-bond donors (Lipinski definition) is 2. The van der Waals surface area contributed by atoms with Gasteiger partial charge in [0.15, 0.2) is 11.6 Å². The van der Waals surface area contributed by atoms with Crippen LogP contribution < -0.4 is 11.1 Å². The maximum absolute atomic E-state index is 13.6. The number of anilines is 2. The quantitative estimate of drug-likeness (QED) is 0.871. The maximum Gasteiger partial charge on any atom is 0.258 e. The zero-order valence-corrected chi connectivity index (χ0v) is 10.7. The summed E-state index contributed by atoms with van der Waals surface area (Å²) >= 11 is 0. The van der Waals surface area contributed by atoms with Crippen molar-refractivity contribution in [2.24, 2.45) is 0 Å². The molecular weight excluding hydrogens is 245 g/mol. The number of nitrogen functional groups attached to an aromatic ring is 1. The van der Waals surface area contributed by atoms with Crippen molar-refractivity contribution in [2.45, 2.75) is 13.8 Å². The van der Waals surface area contributed by atoms with E-state index in [-0.39, 0.29) is 11.4 Å². The first-order valence-electron chi connectivity index (χ1n) is 5.77. The maximum atomic E-state index is 13.6. The van der Waals surface area contributed by atoms with Gasteiger partial charge in [0.05, 0.1) is 5.56 Å². The van der Waals surface area contributed by atoms with Crippen LogP contribution in [0.4, 0.5) is 15.9 Å². The van der Waals surface area contributed by atoms with Crippen LogP contribution in [0.3, 0.4) is 0 Å². The first-order chi connectivity index (χ1) is 8.99. The number of pyridine rings is 1. The fraction of sp³-hybridized carbons (Fsp3) is 0.143. The van der Waals surface area contributed by atoms with Crippen LogP contribution >= 0.6 is 0 Å². The van der Waals surface area contributed by atoms with E-state index >= 15 is 0 Å². The Bertz CT molecular complexity index is 641. The molecule has 0 saturated heterocycles. The van der Waals surface area contributed by atoms with Gasteiger partial charge in [-0.15, -0.1) is 0 Å². The molecule has 2 aromatic rings. The van der Waals surface area contributed by atoms with Crippen LogP contribution in [0.1, 0.15) is 21.5 Å². The average molecular weight is 259 g/mol. The largest absolute Gasteiger partial charge is 0.381 e. The number of rotatable bonds is 2. The molecule has 0 aliphatic carbocycles. The third kappa shape index (κ3) is 2.70. The van der Waals surface area contributed by atoms with E-state index in [0.29, 0.717) is 5.69 Å². The number of hydrogen-bond acceptors (Lipinski definition) is 3. The molecule has 4 nitrogen and oxygen atoms in total. The summed E-state index contributed by atoms with van der Waals surface area (Å²) in [5.41, 5.74) is 7.99. The zero-order valence-electron chi connectivity index (χ0n) is 10.7. The van der Waals surface area contributed by atoms with E-state index < -0.39 is 11.7 Å². The summed E-state index contributed by atoms with van der Waals surface area (Å²) < 4.78 is 13.6. The van der Waals surface area contributed by atoms with Gasteiger partial charge in [0, 0.05) is 11.9 Å². The Morgan fingerprint density at radius 1 is 1.26 bits per heavy atom. The van der Waals surface area contributed by atoms with Gasteiger partial charge in [-0.05, 0) is 43.2 Å². The van der Waals surface area contributed by atoms with E-state index in [1.807, 2.05) is 26.0 Å². The van der Waals surface area contributed by atoms with Crippen molar-refractivity contribution in [2.75, 3.05) is 11.1 Å². The number of nitrogens with two attached hydrogens (primary N) is 1. The SMILES string of the molecule is Cc1ccc(NC(=O)c2ccnc(N)c2F)cc1C. The number of nitrogens with zero attached hydrogens (tertiary/aromatic N) is 1. The van der Waals surface area contributed by atoms with Crippen LogP contribution in [-0.4, -0.2) is 10.9 Å². The molecule has 19 heavy (non-hydrogen) atoms. The van der Waals surface area contributed by atoms with Crippen LogP contribution in [0.25, 0.3) is 0 Å². The molecule has 0 unspecified atom stereocenters. The van der Waals surface area contributed by atoms with Crippen molar-refractivity contribution in [1.82, 2.24) is 4.98 Å². The molecule has 0 bridgehead atoms. The molecule has 1 heterocycles. The summed E-state index contributed by atoms with van der Waals surface area (Å²) in [5.74, 6) is -1.63. The normalized spacial score (nSPS) is 10.3. The lowest BCUT2D eigenvalue weighted by Crippen LogP contribution is -2.15. The molecule has 0 atom stereocenters. The van der Waals surface area contributed by atoms with Crippen LogP contribution in [0, 0.1) is 19.7 Å². The number of amides is 1. The standard InChI is InChI=1S/C14H14FN3O/c1-8-3-4-10(7-9(8)2)18-14(19)11-5-6-17-13(16)12(11)15/h3-7H,1-2H3,(H2,16,17)(H,18,19). The number of nitrogens with one attached hydrogen (secondary N) is 1. The molecule has 0 aliphatic rings. The van der Waals surface area contributed by atoms with E-state index in [4.69, 9.17) is 5.73 Å². The van der Waals surface area contributed by atoms with Crippen molar-refractivity contribution in [1.29, 1.82) is 0 Å². The van der Waals surface area contributed by atoms with E-state index in [9.17, 15) is 9.18 Å². The van der Waals surface area contributed by atoms with E-state index in [0.717, 1.165) is 11.1 Å². The van der Waals surface area contributed by atoms with Gasteiger partial charge in [-0.1, -0.05) is 6.07 Å². The van der Waals surface area contributed by atoms with E-state index in [1.165, 1.54) is 12.3 Å². The van der Waals surface area contributed by atoms with Crippen LogP contribution in [0.15, 0.2) is 30.5 Å². The molecular formula is C14H14FN3O. The molecule has 1 amide bonds. The Morgan fingerprint density at radius 2 is 2.00 bits per heavy atom. The molecule has 0 aliphatic heterocycles. The molecule has 0 fully saturated rings. The summed E-state index contributed by atoms with van der Waals surface area (Å²) in [7, 11) is 0. The minimum absolute atomic E-state index is 0.120. The molecule has 0 spiro atoms. The summed E-state index contributed by atoms with van der Waals surface area (Å²) in [6.45, 7) is 3.92. The highest BCUT2D eigenvalue weighted by atomic mass is 19.1. The van der Waals surface area contributed by atoms with Gasteiger partial charge in [0.1, 0.15) is 0 Å². The lowest BCUT2D eigenvalue weighted by atomic mass is 10.1. The fourth-order valence-electron chi connectivity index (χ4n) is 1.65. The molecule has 3 N–H and O–H groups in total. The van der Waals surface area contributed by atoms with Crippen molar-refractivity contribution >= 4 is 17.4 Å². The third-order valence-electron chi connectivity index (χ3n) is 2.93. The first kappa shape index (κ1) is 13.0. The van der Waals surface area contributed by atoms with Gasteiger partial charge in [0.2, 0.25) is 0 Å². The molecule has 98 valence electrons. The molecule has 0 radical (unpaired) electrons. The van der Waals surface area contributed by atoms with Gasteiger partial charge in [-0.2, -0.15) is 0 Å². The Hall–Kier alpha value is -2.43. The van der Waals surface area contributed by atoms with Gasteiger partial charge in [-0.25, -0.2) is 9.37 Å². The highest BCUT2D eigenvalue weighted by Crippen LogP contribution is 2.17. The first-order valence-corrected chi connectivity index (χ1v) is 5.77. The summed E-state index contributed by atoms with van der Waals surface area (Å²) in [6, 6.07) is 6.78. The minimum atomic E-state index is -0.802. The number of halogens is 1. The van der Waals surface area contributed by atoms with E-state index in [2.05, 4.69) is 10.3 Å². The van der Waals surface area contributed by atoms with Crippen molar-refractivity contribution in [3.8, 4) is 0 Å². The lowest BCUT2D eigenvalue weighted by molar-refractivity contribution is 0.102. The predicted molar refractivity (Wildman–Crippen MR) is 72.5 cm³/mol. The third-order valence-corrected chi connectivity index (χ3v) is 2.93. The molecule has 1 aromatic heterocycles. The number of carbonyl (C=O) groups is 1.